The third-order valence-corrected chi connectivity index (χ3v) is 11.0. The molecule has 0 saturated carbocycles. The number of amides is 1. The van der Waals surface area contributed by atoms with Gasteiger partial charge in [-0.2, -0.15) is 14.6 Å². The van der Waals surface area contributed by atoms with Crippen molar-refractivity contribution < 1.29 is 27.9 Å². The lowest BCUT2D eigenvalue weighted by molar-refractivity contribution is -0.142. The molecule has 0 spiro atoms. The van der Waals surface area contributed by atoms with Crippen LogP contribution in [-0.4, -0.2) is 63.4 Å². The molecular formula is C32H40N4O6S2. The van der Waals surface area contributed by atoms with Crippen LogP contribution < -0.4 is 5.32 Å². The number of Topliss-reactive ketones (excluding diaryl/α,β-unsaturated/α-hetero) is 1. The van der Waals surface area contributed by atoms with Crippen LogP contribution >= 0.6 is 11.8 Å². The second-order valence-corrected chi connectivity index (χ2v) is 15.3. The molecule has 0 aliphatic carbocycles. The van der Waals surface area contributed by atoms with Crippen LogP contribution in [0.3, 0.4) is 0 Å². The summed E-state index contributed by atoms with van der Waals surface area (Å²) in [5.74, 6) is -1.80. The van der Waals surface area contributed by atoms with Crippen molar-refractivity contribution in [2.24, 2.45) is 4.99 Å². The summed E-state index contributed by atoms with van der Waals surface area (Å²) in [4.78, 5) is 42.0. The molecule has 1 fully saturated rings. The molecule has 2 N–H and O–H groups in total. The number of carboxylic acids is 1. The predicted octanol–water partition coefficient (Wildman–Crippen LogP) is 4.73. The van der Waals surface area contributed by atoms with Gasteiger partial charge in [-0.25, -0.2) is 13.2 Å². The van der Waals surface area contributed by atoms with E-state index < -0.39 is 44.1 Å². The standard InChI is InChI=1S/C32H40N4O6S2/c1-22(34-21-33)11-7-5-8-12-26(37)19-24-15-17-25(18-16-24)20-28(31(39)40)35-30(38)29-32(3,4)43-23(2)36(29)44(41,42)27-13-9-6-10-14-27/h6,9-10,13-18,23,28-29H,5,7-8,11-12,19-20H2,1-4H3,(H,35,38)(H,39,40)/t23?,28-,29+/m0/s1. The summed E-state index contributed by atoms with van der Waals surface area (Å²) < 4.78 is 27.5. The van der Waals surface area contributed by atoms with Crippen LogP contribution in [-0.2, 0) is 37.2 Å². The van der Waals surface area contributed by atoms with Crippen molar-refractivity contribution in [1.82, 2.24) is 9.62 Å². The van der Waals surface area contributed by atoms with Crippen LogP contribution in [0.25, 0.3) is 0 Å². The minimum atomic E-state index is -4.04. The fourth-order valence-electron chi connectivity index (χ4n) is 5.37. The van der Waals surface area contributed by atoms with Gasteiger partial charge in [-0.15, -0.1) is 11.8 Å². The Morgan fingerprint density at radius 2 is 1.66 bits per heavy atom. The summed E-state index contributed by atoms with van der Waals surface area (Å²) in [7, 11) is -4.04. The highest BCUT2D eigenvalue weighted by molar-refractivity contribution is 8.02. The van der Waals surface area contributed by atoms with Gasteiger partial charge in [-0.1, -0.05) is 48.9 Å². The van der Waals surface area contributed by atoms with Crippen molar-refractivity contribution in [1.29, 1.82) is 5.26 Å². The maximum atomic E-state index is 13.6. The summed E-state index contributed by atoms with van der Waals surface area (Å²) in [5, 5.41) is 20.6. The summed E-state index contributed by atoms with van der Waals surface area (Å²) in [6.07, 6.45) is 5.73. The third-order valence-electron chi connectivity index (χ3n) is 7.53. The molecular weight excluding hydrogens is 601 g/mol. The number of carbonyl (C=O) groups excluding carboxylic acids is 2. The van der Waals surface area contributed by atoms with Crippen LogP contribution in [0.15, 0.2) is 64.5 Å². The quantitative estimate of drug-likeness (QED) is 0.161. The van der Waals surface area contributed by atoms with Crippen molar-refractivity contribution in [3.8, 4) is 6.19 Å². The zero-order valence-corrected chi connectivity index (χ0v) is 27.2. The van der Waals surface area contributed by atoms with E-state index in [0.717, 1.165) is 37.0 Å². The molecule has 2 aromatic rings. The van der Waals surface area contributed by atoms with Crippen LogP contribution in [0.1, 0.15) is 70.9 Å². The van der Waals surface area contributed by atoms with Gasteiger partial charge in [0.1, 0.15) is 17.9 Å². The van der Waals surface area contributed by atoms with Crippen LogP contribution in [0.5, 0.6) is 0 Å². The van der Waals surface area contributed by atoms with Gasteiger partial charge in [0.15, 0.2) is 0 Å². The summed E-state index contributed by atoms with van der Waals surface area (Å²) in [5.41, 5.74) is 2.26. The lowest BCUT2D eigenvalue weighted by Gasteiger charge is -2.31. The number of nitrogens with one attached hydrogen (secondary N) is 1. The Bertz CT molecular complexity index is 1500. The summed E-state index contributed by atoms with van der Waals surface area (Å²) in [6.45, 7) is 7.09. The van der Waals surface area contributed by atoms with Gasteiger partial charge in [-0.3, -0.25) is 9.59 Å². The first-order valence-corrected chi connectivity index (χ1v) is 16.9. The molecule has 236 valence electrons. The fraction of sp³-hybridized carbons (Fsp3) is 0.469. The number of benzene rings is 2. The number of sulfonamides is 1. The zero-order valence-electron chi connectivity index (χ0n) is 25.5. The fourth-order valence-corrected chi connectivity index (χ4v) is 9.13. The average molecular weight is 641 g/mol. The predicted molar refractivity (Wildman–Crippen MR) is 171 cm³/mol. The number of aliphatic imine (C=N–C) groups is 1. The smallest absolute Gasteiger partial charge is 0.326 e. The maximum absolute atomic E-state index is 13.6. The van der Waals surface area contributed by atoms with E-state index in [1.54, 1.807) is 69.4 Å². The molecule has 1 saturated heterocycles. The third kappa shape index (κ3) is 9.24. The number of rotatable bonds is 15. The van der Waals surface area contributed by atoms with Crippen molar-refractivity contribution in [3.05, 3.63) is 65.7 Å². The molecule has 12 heteroatoms. The second kappa shape index (κ2) is 15.5. The van der Waals surface area contributed by atoms with Crippen LogP contribution in [0.4, 0.5) is 0 Å². The van der Waals surface area contributed by atoms with Gasteiger partial charge in [0.25, 0.3) is 0 Å². The van der Waals surface area contributed by atoms with E-state index in [4.69, 9.17) is 5.26 Å². The summed E-state index contributed by atoms with van der Waals surface area (Å²) >= 11 is 1.34. The highest BCUT2D eigenvalue weighted by Crippen LogP contribution is 2.46. The minimum absolute atomic E-state index is 0.00883. The average Bonchev–Trinajstić information content (AvgIpc) is 3.22. The number of thioether (sulfide) groups is 1. The number of carbonyl (C=O) groups is 3. The van der Waals surface area contributed by atoms with Gasteiger partial charge >= 0.3 is 5.97 Å². The number of carboxylic acid groups (broad SMARTS) is 1. The van der Waals surface area contributed by atoms with Crippen LogP contribution in [0.2, 0.25) is 0 Å². The Labute approximate surface area is 264 Å². The molecule has 44 heavy (non-hydrogen) atoms. The molecule has 0 radical (unpaired) electrons. The van der Waals surface area contributed by atoms with E-state index >= 15 is 0 Å². The number of ketones is 1. The Balaban J connectivity index is 1.62. The molecule has 3 rings (SSSR count). The van der Waals surface area contributed by atoms with E-state index in [1.807, 2.05) is 6.92 Å². The zero-order chi connectivity index (χ0) is 32.5. The molecule has 0 bridgehead atoms. The second-order valence-electron chi connectivity index (χ2n) is 11.5. The highest BCUT2D eigenvalue weighted by atomic mass is 32.2. The van der Waals surface area contributed by atoms with Crippen molar-refractivity contribution in [3.63, 3.8) is 0 Å². The monoisotopic (exact) mass is 640 g/mol. The van der Waals surface area contributed by atoms with Gasteiger partial charge in [0, 0.05) is 29.7 Å². The highest BCUT2D eigenvalue weighted by Gasteiger charge is 2.55. The molecule has 3 atom stereocenters. The van der Waals surface area contributed by atoms with Gasteiger partial charge in [0.2, 0.25) is 22.1 Å². The molecule has 2 aromatic carbocycles. The van der Waals surface area contributed by atoms with E-state index in [9.17, 15) is 27.9 Å². The Morgan fingerprint density at radius 3 is 2.27 bits per heavy atom. The van der Waals surface area contributed by atoms with E-state index in [-0.39, 0.29) is 23.5 Å². The minimum Gasteiger partial charge on any atom is -0.480 e. The molecule has 0 aromatic heterocycles. The molecule has 1 aliphatic rings. The molecule has 1 amide bonds. The van der Waals surface area contributed by atoms with Gasteiger partial charge < -0.3 is 10.4 Å². The van der Waals surface area contributed by atoms with E-state index in [2.05, 4.69) is 10.3 Å². The topological polar surface area (TPSA) is 157 Å². The lowest BCUT2D eigenvalue weighted by Crippen LogP contribution is -2.57. The van der Waals surface area contributed by atoms with Gasteiger partial charge in [-0.05, 0) is 70.2 Å². The SMILES string of the molecule is CC(CCCCCC(=O)Cc1ccc(C[C@H](NC(=O)[C@H]2N(S(=O)(=O)c3ccccc3)C(C)SC2(C)C)C(=O)O)cc1)=NC#N. The van der Waals surface area contributed by atoms with E-state index in [0.29, 0.717) is 12.0 Å². The Hall–Kier alpha value is -3.53. The molecule has 1 heterocycles. The number of unbranched alkanes of at least 4 members (excludes halogenated alkanes) is 2. The van der Waals surface area contributed by atoms with Crippen molar-refractivity contribution in [2.45, 2.75) is 99.7 Å². The first-order valence-electron chi connectivity index (χ1n) is 14.6. The van der Waals surface area contributed by atoms with Crippen molar-refractivity contribution in [2.75, 3.05) is 0 Å². The van der Waals surface area contributed by atoms with Crippen LogP contribution in [0, 0.1) is 11.5 Å². The number of nitrogens with zero attached hydrogens (tertiary/aromatic N) is 3. The number of aliphatic carboxylic acids is 1. The van der Waals surface area contributed by atoms with Gasteiger partial charge in [0.05, 0.1) is 10.3 Å². The first kappa shape index (κ1) is 35.0. The first-order chi connectivity index (χ1) is 20.8. The largest absolute Gasteiger partial charge is 0.480 e. The lowest BCUT2D eigenvalue weighted by atomic mass is 9.99. The van der Waals surface area contributed by atoms with Crippen molar-refractivity contribution >= 4 is 45.2 Å². The number of hydrogen-bond donors (Lipinski definition) is 2. The number of nitriles is 1. The normalized spacial score (nSPS) is 19.2. The van der Waals surface area contributed by atoms with E-state index in [1.165, 1.54) is 28.2 Å². The molecule has 10 nitrogen and oxygen atoms in total. The Morgan fingerprint density at radius 1 is 1.05 bits per heavy atom. The molecule has 1 unspecified atom stereocenters. The Kier molecular flexibility index (Phi) is 12.3. The maximum Gasteiger partial charge on any atom is 0.326 e. The molecule has 1 aliphatic heterocycles. The summed E-state index contributed by atoms with van der Waals surface area (Å²) in [6, 6.07) is 12.5. The number of hydrogen-bond acceptors (Lipinski definition) is 8.